The van der Waals surface area contributed by atoms with Crippen LogP contribution in [0.25, 0.3) is 0 Å². The van der Waals surface area contributed by atoms with Gasteiger partial charge in [0.15, 0.2) is 6.10 Å². The van der Waals surface area contributed by atoms with Crippen LogP contribution in [0.4, 0.5) is 26.7 Å². The van der Waals surface area contributed by atoms with Crippen LogP contribution in [-0.4, -0.2) is 60.4 Å². The Labute approximate surface area is 223 Å². The van der Waals surface area contributed by atoms with E-state index in [-0.39, 0.29) is 57.7 Å². The van der Waals surface area contributed by atoms with Crippen LogP contribution in [0.2, 0.25) is 0 Å². The Balaban J connectivity index is 1.99. The van der Waals surface area contributed by atoms with Gasteiger partial charge in [0.1, 0.15) is 18.1 Å². The number of benzene rings is 2. The maximum absolute atomic E-state index is 13.1. The minimum Gasteiger partial charge on any atom is -0.492 e. The molecule has 0 saturated heterocycles. The minimum absolute atomic E-state index is 0.0162. The molecule has 39 heavy (non-hydrogen) atoms. The molecule has 7 nitrogen and oxygen atoms in total. The standard InChI is InChI=1S/C27H32F5NO6/c1-3-37-23(24(34)35)17-19-9-11-21(12-10-19)38-16-15-33(14-5-4-13-26(2,28)29)25(36)39-22-8-6-7-20(18-22)27(30,31)32/h6-12,18,23H,3-5,13-17H2,1-2H3,(H,34,35). The first-order chi connectivity index (χ1) is 18.3. The van der Waals surface area contributed by atoms with E-state index in [1.807, 2.05) is 0 Å². The van der Waals surface area contributed by atoms with E-state index in [4.69, 9.17) is 14.2 Å². The van der Waals surface area contributed by atoms with Crippen LogP contribution in [0, 0.1) is 0 Å². The van der Waals surface area contributed by atoms with Gasteiger partial charge in [-0.3, -0.25) is 0 Å². The van der Waals surface area contributed by atoms with Gasteiger partial charge in [0.2, 0.25) is 5.92 Å². The summed E-state index contributed by atoms with van der Waals surface area (Å²) in [7, 11) is 0. The van der Waals surface area contributed by atoms with Crippen molar-refractivity contribution in [3.05, 3.63) is 59.7 Å². The van der Waals surface area contributed by atoms with Gasteiger partial charge in [0.25, 0.3) is 0 Å². The number of nitrogens with zero attached hydrogens (tertiary/aromatic N) is 1. The molecular formula is C27H32F5NO6. The molecule has 0 saturated carbocycles. The Hall–Kier alpha value is -3.41. The average Bonchev–Trinajstić information content (AvgIpc) is 2.85. The monoisotopic (exact) mass is 561 g/mol. The number of carboxylic acid groups (broad SMARTS) is 1. The van der Waals surface area contributed by atoms with E-state index >= 15 is 0 Å². The number of alkyl halides is 5. The SMILES string of the molecule is CCOC(Cc1ccc(OCCN(CCCCC(C)(F)F)C(=O)Oc2cccc(C(F)(F)F)c2)cc1)C(=O)O. The zero-order valence-corrected chi connectivity index (χ0v) is 21.7. The fourth-order valence-corrected chi connectivity index (χ4v) is 3.56. The average molecular weight is 562 g/mol. The van der Waals surface area contributed by atoms with Gasteiger partial charge in [-0.15, -0.1) is 0 Å². The third kappa shape index (κ3) is 11.9. The molecule has 0 radical (unpaired) electrons. The number of ether oxygens (including phenoxy) is 3. The molecule has 0 aliphatic heterocycles. The predicted octanol–water partition coefficient (Wildman–Crippen LogP) is 6.44. The molecule has 2 aromatic rings. The molecule has 1 amide bonds. The first-order valence-corrected chi connectivity index (χ1v) is 12.4. The second-order valence-electron chi connectivity index (χ2n) is 8.89. The lowest BCUT2D eigenvalue weighted by molar-refractivity contribution is -0.150. The van der Waals surface area contributed by atoms with Gasteiger partial charge in [-0.2, -0.15) is 13.2 Å². The molecule has 216 valence electrons. The largest absolute Gasteiger partial charge is 0.492 e. The summed E-state index contributed by atoms with van der Waals surface area (Å²) in [6.07, 6.45) is -6.40. The van der Waals surface area contributed by atoms with Gasteiger partial charge in [0, 0.05) is 26.0 Å². The normalized spacial score (nSPS) is 12.6. The van der Waals surface area contributed by atoms with Crippen LogP contribution in [0.5, 0.6) is 11.5 Å². The third-order valence-electron chi connectivity index (χ3n) is 5.54. The molecular weight excluding hydrogens is 529 g/mol. The van der Waals surface area contributed by atoms with E-state index in [1.54, 1.807) is 31.2 Å². The van der Waals surface area contributed by atoms with Gasteiger partial charge in [-0.25, -0.2) is 18.4 Å². The summed E-state index contributed by atoms with van der Waals surface area (Å²) < 4.78 is 81.2. The van der Waals surface area contributed by atoms with Crippen molar-refractivity contribution in [2.45, 2.75) is 57.7 Å². The molecule has 2 aromatic carbocycles. The quantitative estimate of drug-likeness (QED) is 0.199. The third-order valence-corrected chi connectivity index (χ3v) is 5.54. The van der Waals surface area contributed by atoms with Crippen molar-refractivity contribution in [1.29, 1.82) is 0 Å². The number of carbonyl (C=O) groups is 2. The first-order valence-electron chi connectivity index (χ1n) is 12.4. The van der Waals surface area contributed by atoms with Crippen molar-refractivity contribution in [2.24, 2.45) is 0 Å². The van der Waals surface area contributed by atoms with Crippen molar-refractivity contribution >= 4 is 12.1 Å². The van der Waals surface area contributed by atoms with Gasteiger partial charge < -0.3 is 24.2 Å². The Morgan fingerprint density at radius 1 is 0.974 bits per heavy atom. The van der Waals surface area contributed by atoms with Crippen LogP contribution in [0.15, 0.2) is 48.5 Å². The molecule has 0 fully saturated rings. The van der Waals surface area contributed by atoms with E-state index < -0.39 is 35.8 Å². The van der Waals surface area contributed by atoms with Gasteiger partial charge in [-0.1, -0.05) is 18.2 Å². The Bertz CT molecular complexity index is 1060. The number of halogens is 5. The molecule has 0 spiro atoms. The molecule has 0 aromatic heterocycles. The fourth-order valence-electron chi connectivity index (χ4n) is 3.56. The number of hydrogen-bond acceptors (Lipinski definition) is 5. The molecule has 0 aliphatic rings. The lowest BCUT2D eigenvalue weighted by Gasteiger charge is -2.23. The number of rotatable bonds is 15. The molecule has 0 bridgehead atoms. The number of hydrogen-bond donors (Lipinski definition) is 1. The molecule has 1 atom stereocenters. The lowest BCUT2D eigenvalue weighted by atomic mass is 10.1. The highest BCUT2D eigenvalue weighted by molar-refractivity contribution is 5.72. The van der Waals surface area contributed by atoms with E-state index in [2.05, 4.69) is 0 Å². The molecule has 1 N–H and O–H groups in total. The second kappa shape index (κ2) is 14.7. The Morgan fingerprint density at radius 3 is 2.26 bits per heavy atom. The number of carboxylic acids is 1. The molecule has 1 unspecified atom stereocenters. The maximum atomic E-state index is 13.1. The van der Waals surface area contributed by atoms with Crippen molar-refractivity contribution < 1.29 is 50.9 Å². The highest BCUT2D eigenvalue weighted by atomic mass is 19.4. The van der Waals surface area contributed by atoms with E-state index in [0.717, 1.165) is 19.1 Å². The van der Waals surface area contributed by atoms with Crippen molar-refractivity contribution in [3.63, 3.8) is 0 Å². The van der Waals surface area contributed by atoms with Gasteiger partial charge in [0.05, 0.1) is 12.1 Å². The predicted molar refractivity (Wildman–Crippen MR) is 132 cm³/mol. The summed E-state index contributed by atoms with van der Waals surface area (Å²) in [6, 6.07) is 10.5. The summed E-state index contributed by atoms with van der Waals surface area (Å²) in [5.41, 5.74) is -0.269. The van der Waals surface area contributed by atoms with Crippen LogP contribution in [0.3, 0.4) is 0 Å². The van der Waals surface area contributed by atoms with E-state index in [0.29, 0.717) is 17.4 Å². The number of carbonyl (C=O) groups excluding carboxylic acids is 1. The van der Waals surface area contributed by atoms with Crippen molar-refractivity contribution in [1.82, 2.24) is 4.90 Å². The summed E-state index contributed by atoms with van der Waals surface area (Å²) >= 11 is 0. The fraction of sp³-hybridized carbons (Fsp3) is 0.481. The Morgan fingerprint density at radius 2 is 1.67 bits per heavy atom. The number of amides is 1. The minimum atomic E-state index is -4.62. The van der Waals surface area contributed by atoms with Crippen LogP contribution in [0.1, 0.15) is 44.2 Å². The Kier molecular flexibility index (Phi) is 12.0. The zero-order valence-electron chi connectivity index (χ0n) is 21.7. The molecule has 2 rings (SSSR count). The van der Waals surface area contributed by atoms with Gasteiger partial charge >= 0.3 is 18.2 Å². The lowest BCUT2D eigenvalue weighted by Crippen LogP contribution is -2.37. The smallest absolute Gasteiger partial charge is 0.416 e. The second-order valence-corrected chi connectivity index (χ2v) is 8.89. The van der Waals surface area contributed by atoms with Gasteiger partial charge in [-0.05, 0) is 62.6 Å². The summed E-state index contributed by atoms with van der Waals surface area (Å²) in [4.78, 5) is 25.2. The first kappa shape index (κ1) is 31.8. The van der Waals surface area contributed by atoms with Crippen LogP contribution in [-0.2, 0) is 22.1 Å². The maximum Gasteiger partial charge on any atom is 0.416 e. The zero-order chi connectivity index (χ0) is 29.1. The van der Waals surface area contributed by atoms with Crippen LogP contribution < -0.4 is 9.47 Å². The topological polar surface area (TPSA) is 85.3 Å². The molecule has 0 aliphatic carbocycles. The van der Waals surface area contributed by atoms with Crippen LogP contribution >= 0.6 is 0 Å². The van der Waals surface area contributed by atoms with Crippen molar-refractivity contribution in [3.8, 4) is 11.5 Å². The highest BCUT2D eigenvalue weighted by Gasteiger charge is 2.31. The summed E-state index contributed by atoms with van der Waals surface area (Å²) in [6.45, 7) is 2.75. The summed E-state index contributed by atoms with van der Waals surface area (Å²) in [5, 5.41) is 9.21. The molecule has 12 heteroatoms. The van der Waals surface area contributed by atoms with E-state index in [1.165, 1.54) is 11.0 Å². The number of aliphatic carboxylic acids is 1. The number of unbranched alkanes of at least 4 members (excludes halogenated alkanes) is 1. The summed E-state index contributed by atoms with van der Waals surface area (Å²) in [5.74, 6) is -3.80. The van der Waals surface area contributed by atoms with Crippen molar-refractivity contribution in [2.75, 3.05) is 26.3 Å². The van der Waals surface area contributed by atoms with E-state index in [9.17, 15) is 36.6 Å². The highest BCUT2D eigenvalue weighted by Crippen LogP contribution is 2.31. The molecule has 0 heterocycles.